The first kappa shape index (κ1) is 12.4. The molecule has 2 rings (SSSR count). The Balaban J connectivity index is 2.19. The van der Waals surface area contributed by atoms with Gasteiger partial charge in [-0.1, -0.05) is 53.5 Å². The van der Waals surface area contributed by atoms with Gasteiger partial charge in [0, 0.05) is 16.6 Å². The van der Waals surface area contributed by atoms with Crippen molar-refractivity contribution in [3.05, 3.63) is 69.2 Å². The van der Waals surface area contributed by atoms with Crippen LogP contribution in [0.4, 0.5) is 0 Å². The normalized spacial score (nSPS) is 10.5. The molecule has 2 aromatic carbocycles. The van der Waals surface area contributed by atoms with E-state index in [9.17, 15) is 0 Å². The number of hydrogen-bond acceptors (Lipinski definition) is 1. The Morgan fingerprint density at radius 2 is 1.53 bits per heavy atom. The third-order valence-electron chi connectivity index (χ3n) is 2.67. The molecular formula is C14H13Cl2N. The van der Waals surface area contributed by atoms with Gasteiger partial charge in [0.2, 0.25) is 0 Å². The van der Waals surface area contributed by atoms with Gasteiger partial charge in [0.25, 0.3) is 0 Å². The molecule has 0 unspecified atom stereocenters. The molecule has 0 aliphatic heterocycles. The predicted molar refractivity (Wildman–Crippen MR) is 73.6 cm³/mol. The van der Waals surface area contributed by atoms with E-state index in [4.69, 9.17) is 28.9 Å². The van der Waals surface area contributed by atoms with Crippen LogP contribution in [-0.2, 0) is 13.0 Å². The summed E-state index contributed by atoms with van der Waals surface area (Å²) in [7, 11) is 0. The first-order valence-electron chi connectivity index (χ1n) is 5.41. The molecule has 17 heavy (non-hydrogen) atoms. The minimum absolute atomic E-state index is 0.571. The zero-order chi connectivity index (χ0) is 12.3. The molecule has 0 amide bonds. The molecule has 0 saturated heterocycles. The minimum atomic E-state index is 0.571. The number of halogens is 2. The largest absolute Gasteiger partial charge is 0.326 e. The lowest BCUT2D eigenvalue weighted by atomic mass is 10.0. The van der Waals surface area contributed by atoms with Gasteiger partial charge in [0.15, 0.2) is 0 Å². The van der Waals surface area contributed by atoms with Gasteiger partial charge >= 0.3 is 0 Å². The van der Waals surface area contributed by atoms with Crippen LogP contribution in [0, 0.1) is 0 Å². The molecule has 0 aromatic heterocycles. The van der Waals surface area contributed by atoms with E-state index < -0.39 is 0 Å². The molecule has 1 nitrogen and oxygen atoms in total. The summed E-state index contributed by atoms with van der Waals surface area (Å²) in [6.07, 6.45) is 0.806. The number of benzene rings is 2. The maximum atomic E-state index is 6.13. The second-order valence-electron chi connectivity index (χ2n) is 3.93. The summed E-state index contributed by atoms with van der Waals surface area (Å²) < 4.78 is 0. The molecule has 0 spiro atoms. The van der Waals surface area contributed by atoms with E-state index in [0.717, 1.165) is 17.5 Å². The molecule has 0 atom stereocenters. The van der Waals surface area contributed by atoms with Crippen LogP contribution in [0.1, 0.15) is 16.7 Å². The van der Waals surface area contributed by atoms with Gasteiger partial charge in [-0.05, 0) is 35.2 Å². The number of rotatable bonds is 3. The van der Waals surface area contributed by atoms with Crippen molar-refractivity contribution in [1.82, 2.24) is 0 Å². The molecule has 88 valence electrons. The SMILES string of the molecule is NCc1ccc(Cc2ccc(Cl)cc2Cl)cc1. The van der Waals surface area contributed by atoms with E-state index in [0.29, 0.717) is 16.6 Å². The zero-order valence-electron chi connectivity index (χ0n) is 9.29. The van der Waals surface area contributed by atoms with Gasteiger partial charge in [-0.2, -0.15) is 0 Å². The van der Waals surface area contributed by atoms with Gasteiger partial charge in [-0.3, -0.25) is 0 Å². The van der Waals surface area contributed by atoms with Crippen LogP contribution >= 0.6 is 23.2 Å². The van der Waals surface area contributed by atoms with Gasteiger partial charge in [0.05, 0.1) is 0 Å². The molecule has 0 heterocycles. The summed E-state index contributed by atoms with van der Waals surface area (Å²) in [4.78, 5) is 0. The van der Waals surface area contributed by atoms with Crippen molar-refractivity contribution in [3.63, 3.8) is 0 Å². The Bertz CT molecular complexity index is 506. The lowest BCUT2D eigenvalue weighted by Gasteiger charge is -2.06. The third kappa shape index (κ3) is 3.22. The number of hydrogen-bond donors (Lipinski definition) is 1. The van der Waals surface area contributed by atoms with Crippen molar-refractivity contribution in [2.75, 3.05) is 0 Å². The molecular weight excluding hydrogens is 253 g/mol. The first-order chi connectivity index (χ1) is 8.19. The Kier molecular flexibility index (Phi) is 4.06. The van der Waals surface area contributed by atoms with Gasteiger partial charge < -0.3 is 5.73 Å². The van der Waals surface area contributed by atoms with E-state index in [1.807, 2.05) is 24.3 Å². The molecule has 0 aliphatic rings. The van der Waals surface area contributed by atoms with Gasteiger partial charge in [-0.15, -0.1) is 0 Å². The molecule has 0 fully saturated rings. The smallest absolute Gasteiger partial charge is 0.0456 e. The van der Waals surface area contributed by atoms with Gasteiger partial charge in [-0.25, -0.2) is 0 Å². The molecule has 0 aliphatic carbocycles. The molecule has 3 heteroatoms. The van der Waals surface area contributed by atoms with E-state index in [1.54, 1.807) is 6.07 Å². The summed E-state index contributed by atoms with van der Waals surface area (Å²) in [5.41, 5.74) is 8.99. The number of nitrogens with two attached hydrogens (primary N) is 1. The first-order valence-corrected chi connectivity index (χ1v) is 6.16. The van der Waals surface area contributed by atoms with Crippen LogP contribution < -0.4 is 5.73 Å². The minimum Gasteiger partial charge on any atom is -0.326 e. The third-order valence-corrected chi connectivity index (χ3v) is 3.26. The highest BCUT2D eigenvalue weighted by atomic mass is 35.5. The molecule has 2 aromatic rings. The zero-order valence-corrected chi connectivity index (χ0v) is 10.8. The summed E-state index contributed by atoms with van der Waals surface area (Å²) in [5.74, 6) is 0. The Labute approximate surface area is 111 Å². The van der Waals surface area contributed by atoms with Crippen LogP contribution in [-0.4, -0.2) is 0 Å². The molecule has 2 N–H and O–H groups in total. The highest BCUT2D eigenvalue weighted by molar-refractivity contribution is 6.35. The highest BCUT2D eigenvalue weighted by Crippen LogP contribution is 2.23. The summed E-state index contributed by atoms with van der Waals surface area (Å²) >= 11 is 12.0. The Morgan fingerprint density at radius 3 is 2.12 bits per heavy atom. The van der Waals surface area contributed by atoms with Crippen LogP contribution in [0.2, 0.25) is 10.0 Å². The van der Waals surface area contributed by atoms with Crippen molar-refractivity contribution < 1.29 is 0 Å². The van der Waals surface area contributed by atoms with Crippen LogP contribution in [0.15, 0.2) is 42.5 Å². The lowest BCUT2D eigenvalue weighted by Crippen LogP contribution is -1.96. The quantitative estimate of drug-likeness (QED) is 0.891. The Morgan fingerprint density at radius 1 is 0.882 bits per heavy atom. The maximum absolute atomic E-state index is 6.13. The van der Waals surface area contributed by atoms with Gasteiger partial charge in [0.1, 0.15) is 0 Å². The van der Waals surface area contributed by atoms with Crippen LogP contribution in [0.5, 0.6) is 0 Å². The Hall–Kier alpha value is -1.02. The van der Waals surface area contributed by atoms with Crippen molar-refractivity contribution in [3.8, 4) is 0 Å². The fourth-order valence-electron chi connectivity index (χ4n) is 1.68. The molecule has 0 saturated carbocycles. The average molecular weight is 266 g/mol. The standard InChI is InChI=1S/C14H13Cl2N/c15-13-6-5-12(14(16)8-13)7-10-1-3-11(9-17)4-2-10/h1-6,8H,7,9,17H2. The molecule has 0 radical (unpaired) electrons. The fraction of sp³-hybridized carbons (Fsp3) is 0.143. The second kappa shape index (κ2) is 5.54. The van der Waals surface area contributed by atoms with E-state index in [-0.39, 0.29) is 0 Å². The van der Waals surface area contributed by atoms with Crippen molar-refractivity contribution in [1.29, 1.82) is 0 Å². The van der Waals surface area contributed by atoms with Crippen molar-refractivity contribution >= 4 is 23.2 Å². The van der Waals surface area contributed by atoms with Crippen molar-refractivity contribution in [2.45, 2.75) is 13.0 Å². The summed E-state index contributed by atoms with van der Waals surface area (Å²) in [6.45, 7) is 0.571. The van der Waals surface area contributed by atoms with Crippen molar-refractivity contribution in [2.24, 2.45) is 5.73 Å². The summed E-state index contributed by atoms with van der Waals surface area (Å²) in [5, 5.41) is 1.37. The monoisotopic (exact) mass is 265 g/mol. The summed E-state index contributed by atoms with van der Waals surface area (Å²) in [6, 6.07) is 13.8. The molecule has 0 bridgehead atoms. The maximum Gasteiger partial charge on any atom is 0.0456 e. The van der Waals surface area contributed by atoms with Crippen LogP contribution in [0.25, 0.3) is 0 Å². The predicted octanol–water partition coefficient (Wildman–Crippen LogP) is 4.04. The van der Waals surface area contributed by atoms with E-state index >= 15 is 0 Å². The van der Waals surface area contributed by atoms with Crippen LogP contribution in [0.3, 0.4) is 0 Å². The fourth-order valence-corrected chi connectivity index (χ4v) is 2.15. The highest BCUT2D eigenvalue weighted by Gasteiger charge is 2.02. The van der Waals surface area contributed by atoms with E-state index in [2.05, 4.69) is 12.1 Å². The van der Waals surface area contributed by atoms with E-state index in [1.165, 1.54) is 5.56 Å². The average Bonchev–Trinajstić information content (AvgIpc) is 2.34. The second-order valence-corrected chi connectivity index (χ2v) is 4.78. The lowest BCUT2D eigenvalue weighted by molar-refractivity contribution is 1.06. The topological polar surface area (TPSA) is 26.0 Å².